The van der Waals surface area contributed by atoms with Crippen LogP contribution in [0.5, 0.6) is 0 Å². The predicted molar refractivity (Wildman–Crippen MR) is 126 cm³/mol. The van der Waals surface area contributed by atoms with E-state index in [2.05, 4.69) is 11.9 Å². The van der Waals surface area contributed by atoms with Crippen molar-refractivity contribution in [1.82, 2.24) is 9.55 Å². The van der Waals surface area contributed by atoms with Gasteiger partial charge in [0.2, 0.25) is 10.0 Å². The van der Waals surface area contributed by atoms with Gasteiger partial charge in [-0.1, -0.05) is 6.92 Å². The van der Waals surface area contributed by atoms with Crippen molar-refractivity contribution in [2.24, 2.45) is 5.92 Å². The second-order valence-corrected chi connectivity index (χ2v) is 11.9. The Morgan fingerprint density at radius 1 is 1.28 bits per heavy atom. The minimum atomic E-state index is -3.36. The lowest BCUT2D eigenvalue weighted by molar-refractivity contribution is 0.0970. The summed E-state index contributed by atoms with van der Waals surface area (Å²) >= 11 is 1.60. The molecular formula is C23H25N3O4S2. The van der Waals surface area contributed by atoms with Gasteiger partial charge in [0.05, 0.1) is 30.2 Å². The van der Waals surface area contributed by atoms with Gasteiger partial charge in [0.15, 0.2) is 5.78 Å². The van der Waals surface area contributed by atoms with E-state index in [0.717, 1.165) is 41.6 Å². The lowest BCUT2D eigenvalue weighted by atomic mass is 9.89. The van der Waals surface area contributed by atoms with Crippen LogP contribution in [0.25, 0.3) is 10.2 Å². The zero-order valence-corrected chi connectivity index (χ0v) is 19.8. The van der Waals surface area contributed by atoms with E-state index in [-0.39, 0.29) is 17.9 Å². The largest absolute Gasteiger partial charge is 0.292 e. The van der Waals surface area contributed by atoms with E-state index in [1.807, 2.05) is 0 Å². The van der Waals surface area contributed by atoms with E-state index < -0.39 is 10.0 Å². The van der Waals surface area contributed by atoms with Crippen LogP contribution in [-0.2, 0) is 35.8 Å². The number of benzene rings is 1. The molecule has 0 radical (unpaired) electrons. The summed E-state index contributed by atoms with van der Waals surface area (Å²) in [5.74, 6) is 0.423. The standard InChI is InChI=1S/C23H25N3O4S2/c1-14-5-7-17-20(10-14)31-22-21(17)23(28)25(13-24-22)12-19(27)16-6-8-18-15(11-16)4-3-9-26(18)32(2,29)30/h6,8,11,13-14H,3-5,7,9-10,12H2,1-2H3. The second-order valence-electron chi connectivity index (χ2n) is 8.91. The molecule has 2 aliphatic rings. The van der Waals surface area contributed by atoms with E-state index in [1.165, 1.54) is 26.3 Å². The van der Waals surface area contributed by atoms with E-state index in [1.54, 1.807) is 29.5 Å². The van der Waals surface area contributed by atoms with Crippen molar-refractivity contribution >= 4 is 43.0 Å². The third-order valence-electron chi connectivity index (χ3n) is 6.47. The number of ketones is 1. The molecule has 7 nitrogen and oxygen atoms in total. The highest BCUT2D eigenvalue weighted by molar-refractivity contribution is 7.92. The summed E-state index contributed by atoms with van der Waals surface area (Å²) in [5.41, 5.74) is 2.91. The molecule has 0 amide bonds. The fourth-order valence-electron chi connectivity index (χ4n) is 4.81. The Morgan fingerprint density at radius 3 is 2.88 bits per heavy atom. The molecule has 0 spiro atoms. The Balaban J connectivity index is 1.46. The molecule has 0 saturated heterocycles. The van der Waals surface area contributed by atoms with Gasteiger partial charge in [0.1, 0.15) is 4.83 Å². The number of hydrogen-bond acceptors (Lipinski definition) is 6. The van der Waals surface area contributed by atoms with Crippen LogP contribution in [0.2, 0.25) is 0 Å². The van der Waals surface area contributed by atoms with E-state index in [0.29, 0.717) is 35.5 Å². The van der Waals surface area contributed by atoms with Gasteiger partial charge in [-0.3, -0.25) is 18.5 Å². The summed E-state index contributed by atoms with van der Waals surface area (Å²) in [6.45, 7) is 2.59. The molecule has 1 aromatic carbocycles. The highest BCUT2D eigenvalue weighted by Gasteiger charge is 2.26. The van der Waals surface area contributed by atoms with E-state index in [4.69, 9.17) is 0 Å². The van der Waals surface area contributed by atoms with Crippen LogP contribution in [0.4, 0.5) is 5.69 Å². The summed E-state index contributed by atoms with van der Waals surface area (Å²) in [6, 6.07) is 5.11. The topological polar surface area (TPSA) is 89.3 Å². The SMILES string of the molecule is CC1CCc2c(sc3ncn(CC(=O)c4ccc5c(c4)CCCN5S(C)(=O)=O)c(=O)c23)C1. The lowest BCUT2D eigenvalue weighted by Crippen LogP contribution is -2.34. The fourth-order valence-corrected chi connectivity index (χ4v) is 7.14. The van der Waals surface area contributed by atoms with Crippen molar-refractivity contribution in [2.75, 3.05) is 17.1 Å². The van der Waals surface area contributed by atoms with Gasteiger partial charge >= 0.3 is 0 Å². The van der Waals surface area contributed by atoms with Gasteiger partial charge < -0.3 is 0 Å². The molecule has 2 aromatic heterocycles. The first-order valence-corrected chi connectivity index (χ1v) is 13.5. The number of aromatic nitrogens is 2. The molecule has 3 heterocycles. The van der Waals surface area contributed by atoms with Gasteiger partial charge in [0.25, 0.3) is 5.56 Å². The van der Waals surface area contributed by atoms with Gasteiger partial charge in [-0.2, -0.15) is 0 Å². The molecule has 32 heavy (non-hydrogen) atoms. The fraction of sp³-hybridized carbons (Fsp3) is 0.435. The summed E-state index contributed by atoms with van der Waals surface area (Å²) in [7, 11) is -3.36. The first-order valence-electron chi connectivity index (χ1n) is 10.9. The molecule has 5 rings (SSSR count). The number of Topliss-reactive ketones (excluding diaryl/α,β-unsaturated/α-hetero) is 1. The summed E-state index contributed by atoms with van der Waals surface area (Å²) in [5, 5.41) is 0.668. The monoisotopic (exact) mass is 471 g/mol. The molecule has 1 unspecified atom stereocenters. The third-order valence-corrected chi connectivity index (χ3v) is 8.82. The minimum Gasteiger partial charge on any atom is -0.292 e. The molecule has 168 valence electrons. The number of thiophene rings is 1. The Bertz CT molecular complexity index is 1400. The molecule has 9 heteroatoms. The van der Waals surface area contributed by atoms with Crippen molar-refractivity contribution in [3.05, 3.63) is 56.4 Å². The number of sulfonamides is 1. The van der Waals surface area contributed by atoms with Crippen LogP contribution in [0, 0.1) is 5.92 Å². The van der Waals surface area contributed by atoms with Crippen molar-refractivity contribution in [1.29, 1.82) is 0 Å². The Morgan fingerprint density at radius 2 is 2.09 bits per heavy atom. The molecule has 0 saturated carbocycles. The Labute approximate surface area is 190 Å². The average molecular weight is 472 g/mol. The molecule has 1 aliphatic carbocycles. The van der Waals surface area contributed by atoms with Crippen molar-refractivity contribution < 1.29 is 13.2 Å². The highest BCUT2D eigenvalue weighted by Crippen LogP contribution is 2.35. The molecular weight excluding hydrogens is 446 g/mol. The van der Waals surface area contributed by atoms with Crippen LogP contribution in [0.1, 0.15) is 46.1 Å². The zero-order valence-electron chi connectivity index (χ0n) is 18.1. The van der Waals surface area contributed by atoms with Crippen LogP contribution in [0.3, 0.4) is 0 Å². The number of carbonyl (C=O) groups is 1. The first-order chi connectivity index (χ1) is 15.2. The quantitative estimate of drug-likeness (QED) is 0.545. The van der Waals surface area contributed by atoms with Crippen molar-refractivity contribution in [2.45, 2.75) is 45.6 Å². The molecule has 1 aliphatic heterocycles. The first kappa shape index (κ1) is 21.3. The maximum atomic E-state index is 13.2. The smallest absolute Gasteiger partial charge is 0.262 e. The van der Waals surface area contributed by atoms with Crippen LogP contribution < -0.4 is 9.86 Å². The molecule has 0 fully saturated rings. The molecule has 3 aromatic rings. The van der Waals surface area contributed by atoms with Crippen molar-refractivity contribution in [3.8, 4) is 0 Å². The molecule has 1 atom stereocenters. The number of hydrogen-bond donors (Lipinski definition) is 0. The third kappa shape index (κ3) is 3.67. The maximum absolute atomic E-state index is 13.2. The summed E-state index contributed by atoms with van der Waals surface area (Å²) < 4.78 is 26.9. The number of nitrogens with zero attached hydrogens (tertiary/aromatic N) is 3. The summed E-state index contributed by atoms with van der Waals surface area (Å²) in [4.78, 5) is 32.7. The molecule has 0 bridgehead atoms. The van der Waals surface area contributed by atoms with E-state index >= 15 is 0 Å². The van der Waals surface area contributed by atoms with Crippen LogP contribution in [0.15, 0.2) is 29.3 Å². The number of fused-ring (bicyclic) bond motifs is 4. The average Bonchev–Trinajstić information content (AvgIpc) is 3.12. The van der Waals surface area contributed by atoms with Gasteiger partial charge in [-0.15, -0.1) is 11.3 Å². The lowest BCUT2D eigenvalue weighted by Gasteiger charge is -2.29. The predicted octanol–water partition coefficient (Wildman–Crippen LogP) is 3.18. The number of rotatable bonds is 4. The summed E-state index contributed by atoms with van der Waals surface area (Å²) in [6.07, 6.45) is 7.01. The zero-order chi connectivity index (χ0) is 22.6. The van der Waals surface area contributed by atoms with Crippen molar-refractivity contribution in [3.63, 3.8) is 0 Å². The second kappa shape index (κ2) is 7.81. The molecule has 0 N–H and O–H groups in total. The normalized spacial score (nSPS) is 18.4. The number of aryl methyl sites for hydroxylation is 2. The van der Waals surface area contributed by atoms with Crippen LogP contribution >= 0.6 is 11.3 Å². The maximum Gasteiger partial charge on any atom is 0.262 e. The highest BCUT2D eigenvalue weighted by atomic mass is 32.2. The number of anilines is 1. The Kier molecular flexibility index (Phi) is 5.21. The van der Waals surface area contributed by atoms with E-state index in [9.17, 15) is 18.0 Å². The van der Waals surface area contributed by atoms with Gasteiger partial charge in [0, 0.05) is 17.0 Å². The number of carbonyl (C=O) groups excluding carboxylic acids is 1. The van der Waals surface area contributed by atoms with Gasteiger partial charge in [-0.25, -0.2) is 13.4 Å². The minimum absolute atomic E-state index is 0.0859. The van der Waals surface area contributed by atoms with Gasteiger partial charge in [-0.05, 0) is 67.3 Å². The Hall–Kier alpha value is -2.52. The van der Waals surface area contributed by atoms with Crippen LogP contribution in [-0.4, -0.2) is 36.6 Å².